The summed E-state index contributed by atoms with van der Waals surface area (Å²) >= 11 is 0. The number of piperazine rings is 1. The number of carbonyl (C=O) groups excluding carboxylic acids is 3. The lowest BCUT2D eigenvalue weighted by Crippen LogP contribution is -2.50. The van der Waals surface area contributed by atoms with Crippen LogP contribution in [0, 0.1) is 5.92 Å². The molecule has 1 N–H and O–H groups in total. The molecule has 152 valence electrons. The van der Waals surface area contributed by atoms with Crippen molar-refractivity contribution in [3.05, 3.63) is 30.3 Å². The van der Waals surface area contributed by atoms with Gasteiger partial charge in [0.1, 0.15) is 0 Å². The first kappa shape index (κ1) is 20.3. The summed E-state index contributed by atoms with van der Waals surface area (Å²) in [5.74, 6) is -0.108. The maximum absolute atomic E-state index is 12.5. The highest BCUT2D eigenvalue weighted by atomic mass is 16.2. The van der Waals surface area contributed by atoms with Gasteiger partial charge in [-0.3, -0.25) is 19.3 Å². The van der Waals surface area contributed by atoms with Gasteiger partial charge in [0.15, 0.2) is 0 Å². The summed E-state index contributed by atoms with van der Waals surface area (Å²) in [7, 11) is 0. The van der Waals surface area contributed by atoms with Crippen LogP contribution in [0.25, 0.3) is 0 Å². The van der Waals surface area contributed by atoms with Gasteiger partial charge >= 0.3 is 0 Å². The SMILES string of the molecule is CCCC(=O)N1CCN(CCNC(=O)C2CC(=O)N(c3ccccc3)C2)CC1. The number of benzene rings is 1. The third kappa shape index (κ3) is 5.10. The van der Waals surface area contributed by atoms with Gasteiger partial charge in [-0.1, -0.05) is 25.1 Å². The van der Waals surface area contributed by atoms with Gasteiger partial charge in [-0.25, -0.2) is 0 Å². The Morgan fingerprint density at radius 2 is 1.82 bits per heavy atom. The van der Waals surface area contributed by atoms with Crippen molar-refractivity contribution in [2.75, 3.05) is 50.7 Å². The van der Waals surface area contributed by atoms with E-state index in [2.05, 4.69) is 10.2 Å². The third-order valence-electron chi connectivity index (χ3n) is 5.48. The van der Waals surface area contributed by atoms with Crippen molar-refractivity contribution in [1.29, 1.82) is 0 Å². The van der Waals surface area contributed by atoms with Gasteiger partial charge in [0.05, 0.1) is 5.92 Å². The zero-order valence-electron chi connectivity index (χ0n) is 16.6. The molecule has 2 heterocycles. The van der Waals surface area contributed by atoms with Crippen LogP contribution in [0.4, 0.5) is 5.69 Å². The number of carbonyl (C=O) groups is 3. The van der Waals surface area contributed by atoms with Crippen LogP contribution in [0.1, 0.15) is 26.2 Å². The summed E-state index contributed by atoms with van der Waals surface area (Å²) in [5.41, 5.74) is 0.846. The van der Waals surface area contributed by atoms with Crippen LogP contribution in [0.5, 0.6) is 0 Å². The van der Waals surface area contributed by atoms with Crippen LogP contribution in [0.15, 0.2) is 30.3 Å². The highest BCUT2D eigenvalue weighted by molar-refractivity contribution is 6.00. The average molecular weight is 386 g/mol. The van der Waals surface area contributed by atoms with Crippen LogP contribution in [0.2, 0.25) is 0 Å². The molecule has 2 fully saturated rings. The summed E-state index contributed by atoms with van der Waals surface area (Å²) in [5, 5.41) is 2.98. The van der Waals surface area contributed by atoms with Crippen LogP contribution in [-0.2, 0) is 14.4 Å². The summed E-state index contributed by atoms with van der Waals surface area (Å²) in [6, 6.07) is 9.48. The van der Waals surface area contributed by atoms with E-state index in [0.29, 0.717) is 19.5 Å². The first-order chi connectivity index (χ1) is 13.6. The number of nitrogens with zero attached hydrogens (tertiary/aromatic N) is 3. The Hall–Kier alpha value is -2.41. The maximum Gasteiger partial charge on any atom is 0.227 e. The van der Waals surface area contributed by atoms with Crippen molar-refractivity contribution in [2.24, 2.45) is 5.92 Å². The number of amides is 3. The molecule has 1 aromatic carbocycles. The van der Waals surface area contributed by atoms with Crippen molar-refractivity contribution in [3.8, 4) is 0 Å². The lowest BCUT2D eigenvalue weighted by molar-refractivity contribution is -0.133. The average Bonchev–Trinajstić information content (AvgIpc) is 3.11. The minimum Gasteiger partial charge on any atom is -0.355 e. The van der Waals surface area contributed by atoms with E-state index in [0.717, 1.165) is 44.8 Å². The molecular formula is C21H30N4O3. The van der Waals surface area contributed by atoms with E-state index >= 15 is 0 Å². The Bertz CT molecular complexity index is 686. The molecule has 7 nitrogen and oxygen atoms in total. The number of rotatable bonds is 7. The topological polar surface area (TPSA) is 73.0 Å². The standard InChI is InChI=1S/C21H30N4O3/c1-2-6-19(26)24-13-11-23(12-14-24)10-9-22-21(28)17-15-20(27)25(16-17)18-7-4-3-5-8-18/h3-5,7-8,17H,2,6,9-16H2,1H3,(H,22,28). The Morgan fingerprint density at radius 1 is 1.11 bits per heavy atom. The molecule has 1 unspecified atom stereocenters. The minimum atomic E-state index is -0.295. The Morgan fingerprint density at radius 3 is 2.50 bits per heavy atom. The lowest BCUT2D eigenvalue weighted by atomic mass is 10.1. The summed E-state index contributed by atoms with van der Waals surface area (Å²) in [6.45, 7) is 7.00. The van der Waals surface area contributed by atoms with E-state index in [-0.39, 0.29) is 30.1 Å². The molecule has 3 amide bonds. The number of hydrogen-bond donors (Lipinski definition) is 1. The Balaban J connectivity index is 1.37. The summed E-state index contributed by atoms with van der Waals surface area (Å²) in [6.07, 6.45) is 1.77. The molecule has 0 aliphatic carbocycles. The van der Waals surface area contributed by atoms with Crippen molar-refractivity contribution >= 4 is 23.4 Å². The molecule has 0 spiro atoms. The number of anilines is 1. The second kappa shape index (κ2) is 9.68. The molecule has 2 aliphatic rings. The van der Waals surface area contributed by atoms with Crippen molar-refractivity contribution in [2.45, 2.75) is 26.2 Å². The number of hydrogen-bond acceptors (Lipinski definition) is 4. The quantitative estimate of drug-likeness (QED) is 0.762. The van der Waals surface area contributed by atoms with Crippen LogP contribution >= 0.6 is 0 Å². The van der Waals surface area contributed by atoms with Gasteiger partial charge in [-0.2, -0.15) is 0 Å². The molecule has 1 aromatic rings. The molecule has 0 radical (unpaired) electrons. The van der Waals surface area contributed by atoms with E-state index in [4.69, 9.17) is 0 Å². The molecule has 2 saturated heterocycles. The second-order valence-corrected chi connectivity index (χ2v) is 7.50. The second-order valence-electron chi connectivity index (χ2n) is 7.50. The van der Waals surface area contributed by atoms with E-state index in [9.17, 15) is 14.4 Å². The van der Waals surface area contributed by atoms with Gasteiger partial charge < -0.3 is 15.1 Å². The molecular weight excluding hydrogens is 356 g/mol. The van der Waals surface area contributed by atoms with Crippen molar-refractivity contribution < 1.29 is 14.4 Å². The highest BCUT2D eigenvalue weighted by Gasteiger charge is 2.34. The third-order valence-corrected chi connectivity index (χ3v) is 5.48. The molecule has 7 heteroatoms. The maximum atomic E-state index is 12.5. The minimum absolute atomic E-state index is 0.000724. The highest BCUT2D eigenvalue weighted by Crippen LogP contribution is 2.24. The van der Waals surface area contributed by atoms with Gasteiger partial charge in [0, 0.05) is 64.3 Å². The van der Waals surface area contributed by atoms with Gasteiger partial charge in [0.25, 0.3) is 0 Å². The van der Waals surface area contributed by atoms with Gasteiger partial charge in [-0.05, 0) is 18.6 Å². The van der Waals surface area contributed by atoms with E-state index < -0.39 is 0 Å². The van der Waals surface area contributed by atoms with E-state index in [1.54, 1.807) is 4.90 Å². The molecule has 0 aromatic heterocycles. The first-order valence-corrected chi connectivity index (χ1v) is 10.2. The number of nitrogens with one attached hydrogen (secondary N) is 1. The first-order valence-electron chi connectivity index (χ1n) is 10.2. The lowest BCUT2D eigenvalue weighted by Gasteiger charge is -2.34. The van der Waals surface area contributed by atoms with Crippen molar-refractivity contribution in [3.63, 3.8) is 0 Å². The number of para-hydroxylation sites is 1. The largest absolute Gasteiger partial charge is 0.355 e. The van der Waals surface area contributed by atoms with E-state index in [1.807, 2.05) is 42.2 Å². The molecule has 2 aliphatic heterocycles. The zero-order valence-corrected chi connectivity index (χ0v) is 16.6. The Labute approximate surface area is 166 Å². The normalized spacial score (nSPS) is 20.5. The van der Waals surface area contributed by atoms with Crippen LogP contribution < -0.4 is 10.2 Å². The fourth-order valence-electron chi connectivity index (χ4n) is 3.82. The predicted molar refractivity (Wildman–Crippen MR) is 108 cm³/mol. The van der Waals surface area contributed by atoms with Crippen molar-refractivity contribution in [1.82, 2.24) is 15.1 Å². The smallest absolute Gasteiger partial charge is 0.227 e. The summed E-state index contributed by atoms with van der Waals surface area (Å²) in [4.78, 5) is 42.5. The molecule has 1 atom stereocenters. The molecule has 0 bridgehead atoms. The fraction of sp³-hybridized carbons (Fsp3) is 0.571. The van der Waals surface area contributed by atoms with Gasteiger partial charge in [0.2, 0.25) is 17.7 Å². The Kier molecular flexibility index (Phi) is 7.03. The zero-order chi connectivity index (χ0) is 19.9. The summed E-state index contributed by atoms with van der Waals surface area (Å²) < 4.78 is 0. The monoisotopic (exact) mass is 386 g/mol. The molecule has 28 heavy (non-hydrogen) atoms. The van der Waals surface area contributed by atoms with Crippen LogP contribution in [-0.4, -0.2) is 73.3 Å². The molecule has 3 rings (SSSR count). The van der Waals surface area contributed by atoms with Crippen LogP contribution in [0.3, 0.4) is 0 Å². The predicted octanol–water partition coefficient (Wildman–Crippen LogP) is 1.10. The van der Waals surface area contributed by atoms with E-state index in [1.165, 1.54) is 0 Å². The molecule has 0 saturated carbocycles. The van der Waals surface area contributed by atoms with Gasteiger partial charge in [-0.15, -0.1) is 0 Å². The fourth-order valence-corrected chi connectivity index (χ4v) is 3.82.